The first kappa shape index (κ1) is 53.1. The highest BCUT2D eigenvalue weighted by Crippen LogP contribution is 2.40. The number of rotatable bonds is 17. The minimum Gasteiger partial charge on any atom is -0.494 e. The van der Waals surface area contributed by atoms with Crippen molar-refractivity contribution in [3.63, 3.8) is 0 Å². The molecule has 0 spiro atoms. The van der Waals surface area contributed by atoms with Crippen molar-refractivity contribution >= 4 is 63.7 Å². The Morgan fingerprint density at radius 1 is 0.958 bits per heavy atom. The van der Waals surface area contributed by atoms with Crippen molar-refractivity contribution in [3.8, 4) is 33.4 Å². The molecule has 72 heavy (non-hydrogen) atoms. The van der Waals surface area contributed by atoms with E-state index in [0.717, 1.165) is 49.9 Å². The molecule has 2 fully saturated rings. The number of nitrogens with zero attached hydrogens (tertiary/aromatic N) is 5. The van der Waals surface area contributed by atoms with E-state index in [0.29, 0.717) is 56.8 Å². The molecule has 0 saturated carbocycles. The highest BCUT2D eigenvalue weighted by molar-refractivity contribution is 7.81. The van der Waals surface area contributed by atoms with Gasteiger partial charge in [-0.05, 0) is 136 Å². The SMILES string of the molecule is Cc1ncsc1-c1ccc(CNC(=O)[C@@H]2CCCN2C(=O)C(NC(=O)CO[C@H](C)CCCOc2ccc(-c3ccc(N4C(=S)N(c5ccc(C#N)c(C(F)(F)F)c5)C(=O)C4(C)C)cc3)cc2)C(C)(C)C)cc1. The first-order valence-corrected chi connectivity index (χ1v) is 25.0. The van der Waals surface area contributed by atoms with Crippen LogP contribution >= 0.6 is 23.6 Å². The molecule has 3 heterocycles. The lowest BCUT2D eigenvalue weighted by atomic mass is 9.85. The van der Waals surface area contributed by atoms with Gasteiger partial charge >= 0.3 is 6.18 Å². The number of nitrogens with one attached hydrogen (secondary N) is 2. The fourth-order valence-corrected chi connectivity index (χ4v) is 10.2. The average Bonchev–Trinajstić information content (AvgIpc) is 4.06. The summed E-state index contributed by atoms with van der Waals surface area (Å²) in [5, 5.41) is 15.2. The standard InChI is InChI=1S/C54H58F3N7O6S2/c1-33(70-31-45(65)61-47(52(3,4)5)49(67)62-26-8-11-44(62)48(66)59-30-35-12-14-38(15-13-35)46-34(2)60-32-72-46)10-9-27-69-42-24-19-37(20-25-42)36-16-21-40(22-17-36)64-51(71)63(50(68)53(64,6)7)41-23-18-39(29-58)43(28-41)54(55,56)57/h12-25,28,32-33,44,47H,8-11,26-27,30-31H2,1-7H3,(H,59,66)(H,61,65)/t33-,44+,47?/m1/s1. The summed E-state index contributed by atoms with van der Waals surface area (Å²) in [4.78, 5) is 64.0. The van der Waals surface area contributed by atoms with Gasteiger partial charge in [-0.1, -0.05) is 69.3 Å². The predicted octanol–water partition coefficient (Wildman–Crippen LogP) is 10.00. The Hall–Kier alpha value is -6.68. The summed E-state index contributed by atoms with van der Waals surface area (Å²) in [6.07, 6.45) is -2.60. The first-order valence-electron chi connectivity index (χ1n) is 23.7. The van der Waals surface area contributed by atoms with Gasteiger partial charge in [0.1, 0.15) is 30.0 Å². The van der Waals surface area contributed by atoms with Gasteiger partial charge in [-0.15, -0.1) is 11.3 Å². The monoisotopic (exact) mass is 1020 g/mol. The molecule has 1 unspecified atom stereocenters. The average molecular weight is 1020 g/mol. The van der Waals surface area contributed by atoms with Gasteiger partial charge in [0.05, 0.1) is 51.7 Å². The molecule has 2 saturated heterocycles. The second kappa shape index (κ2) is 22.0. The van der Waals surface area contributed by atoms with Crippen LogP contribution in [0, 0.1) is 23.7 Å². The van der Waals surface area contributed by atoms with E-state index in [1.807, 2.05) is 101 Å². The molecule has 4 aromatic carbocycles. The zero-order chi connectivity index (χ0) is 52.1. The number of benzene rings is 4. The van der Waals surface area contributed by atoms with Gasteiger partial charge in [0.15, 0.2) is 5.11 Å². The van der Waals surface area contributed by atoms with E-state index in [2.05, 4.69) is 15.6 Å². The smallest absolute Gasteiger partial charge is 0.417 e. The molecule has 0 radical (unpaired) electrons. The fourth-order valence-electron chi connectivity index (χ4n) is 8.85. The van der Waals surface area contributed by atoms with Crippen molar-refractivity contribution in [2.45, 2.75) is 111 Å². The lowest BCUT2D eigenvalue weighted by molar-refractivity contribution is -0.144. The molecule has 1 aromatic heterocycles. The van der Waals surface area contributed by atoms with Crippen molar-refractivity contribution < 1.29 is 41.8 Å². The number of alkyl halides is 3. The van der Waals surface area contributed by atoms with Gasteiger partial charge in [0.2, 0.25) is 17.7 Å². The van der Waals surface area contributed by atoms with E-state index in [9.17, 15) is 37.6 Å². The number of ether oxygens (including phenoxy) is 2. The number of likely N-dealkylation sites (tertiary alicyclic amines) is 1. The Balaban J connectivity index is 0.847. The summed E-state index contributed by atoms with van der Waals surface area (Å²) in [5.74, 6) is -0.801. The quantitative estimate of drug-likeness (QED) is 0.0679. The summed E-state index contributed by atoms with van der Waals surface area (Å²) in [6.45, 7) is 13.7. The Morgan fingerprint density at radius 2 is 1.60 bits per heavy atom. The number of anilines is 2. The van der Waals surface area contributed by atoms with Crippen molar-refractivity contribution in [2.24, 2.45) is 5.41 Å². The van der Waals surface area contributed by atoms with Gasteiger partial charge in [0.25, 0.3) is 5.91 Å². The number of hydrogen-bond acceptors (Lipinski definition) is 10. The highest BCUT2D eigenvalue weighted by atomic mass is 32.1. The zero-order valence-electron chi connectivity index (χ0n) is 41.3. The topological polar surface area (TPSA) is 157 Å². The molecule has 18 heteroatoms. The van der Waals surface area contributed by atoms with Crippen LogP contribution in [0.2, 0.25) is 0 Å². The number of amides is 4. The second-order valence-corrected chi connectivity index (χ2v) is 20.8. The summed E-state index contributed by atoms with van der Waals surface area (Å²) >= 11 is 7.26. The van der Waals surface area contributed by atoms with E-state index in [1.165, 1.54) is 6.07 Å². The van der Waals surface area contributed by atoms with Crippen LogP contribution in [0.4, 0.5) is 24.5 Å². The molecular weight excluding hydrogens is 964 g/mol. The van der Waals surface area contributed by atoms with E-state index in [-0.39, 0.29) is 35.3 Å². The van der Waals surface area contributed by atoms with Crippen LogP contribution in [0.5, 0.6) is 5.75 Å². The molecule has 13 nitrogen and oxygen atoms in total. The number of thiazole rings is 1. The van der Waals surface area contributed by atoms with Crippen LogP contribution < -0.4 is 25.2 Å². The lowest BCUT2D eigenvalue weighted by Crippen LogP contribution is -2.58. The number of aryl methyl sites for hydroxylation is 1. The second-order valence-electron chi connectivity index (χ2n) is 19.6. The number of carbonyl (C=O) groups is 4. The molecule has 4 amide bonds. The summed E-state index contributed by atoms with van der Waals surface area (Å²) < 4.78 is 53.2. The fraction of sp³-hybridized carbons (Fsp3) is 0.389. The van der Waals surface area contributed by atoms with Crippen molar-refractivity contribution in [1.29, 1.82) is 5.26 Å². The van der Waals surface area contributed by atoms with E-state index in [1.54, 1.807) is 53.2 Å². The third kappa shape index (κ3) is 12.0. The summed E-state index contributed by atoms with van der Waals surface area (Å²) in [6, 6.07) is 26.0. The largest absolute Gasteiger partial charge is 0.494 e. The van der Waals surface area contributed by atoms with Crippen LogP contribution in [0.1, 0.15) is 89.6 Å². The normalized spacial score (nSPS) is 16.6. The van der Waals surface area contributed by atoms with Gasteiger partial charge in [0, 0.05) is 18.8 Å². The number of carbonyl (C=O) groups excluding carboxylic acids is 4. The molecule has 378 valence electrons. The molecular formula is C54H58F3N7O6S2. The Labute approximate surface area is 427 Å². The third-order valence-electron chi connectivity index (χ3n) is 12.9. The van der Waals surface area contributed by atoms with Crippen LogP contribution in [0.3, 0.4) is 0 Å². The Bertz CT molecular complexity index is 2840. The molecule has 3 atom stereocenters. The summed E-state index contributed by atoms with van der Waals surface area (Å²) in [5.41, 5.74) is 3.50. The molecule has 2 aliphatic rings. The van der Waals surface area contributed by atoms with Crippen LogP contribution in [0.15, 0.2) is 96.5 Å². The zero-order valence-corrected chi connectivity index (χ0v) is 42.9. The molecule has 2 N–H and O–H groups in total. The maximum absolute atomic E-state index is 14.0. The number of nitriles is 1. The van der Waals surface area contributed by atoms with Crippen molar-refractivity contribution in [3.05, 3.63) is 119 Å². The van der Waals surface area contributed by atoms with Gasteiger partial charge < -0.3 is 29.9 Å². The third-order valence-corrected chi connectivity index (χ3v) is 14.2. The maximum atomic E-state index is 14.0. The maximum Gasteiger partial charge on any atom is 0.417 e. The van der Waals surface area contributed by atoms with Gasteiger partial charge in [-0.25, -0.2) is 4.98 Å². The highest BCUT2D eigenvalue weighted by Gasteiger charge is 2.51. The summed E-state index contributed by atoms with van der Waals surface area (Å²) in [7, 11) is 0. The van der Waals surface area contributed by atoms with Crippen molar-refractivity contribution in [2.75, 3.05) is 29.6 Å². The molecule has 0 aliphatic carbocycles. The first-order chi connectivity index (χ1) is 34.1. The molecule has 5 aromatic rings. The number of aromatic nitrogens is 1. The Morgan fingerprint density at radius 3 is 2.21 bits per heavy atom. The number of halogens is 3. The van der Waals surface area contributed by atoms with Crippen LogP contribution in [0.25, 0.3) is 21.6 Å². The van der Waals surface area contributed by atoms with Gasteiger partial charge in [-0.3, -0.25) is 24.1 Å². The van der Waals surface area contributed by atoms with Gasteiger partial charge in [-0.2, -0.15) is 18.4 Å². The van der Waals surface area contributed by atoms with E-state index >= 15 is 0 Å². The minimum absolute atomic E-state index is 0.00904. The number of hydrogen-bond donors (Lipinski definition) is 2. The molecule has 7 rings (SSSR count). The van der Waals surface area contributed by atoms with E-state index < -0.39 is 52.2 Å². The minimum atomic E-state index is -4.80. The molecule has 0 bridgehead atoms. The predicted molar refractivity (Wildman–Crippen MR) is 275 cm³/mol. The molecule has 2 aliphatic heterocycles. The van der Waals surface area contributed by atoms with E-state index in [4.69, 9.17) is 21.7 Å². The number of thiocarbonyl (C=S) groups is 1. The van der Waals surface area contributed by atoms with Crippen molar-refractivity contribution in [1.82, 2.24) is 20.5 Å². The Kier molecular flexibility index (Phi) is 16.2. The van der Waals surface area contributed by atoms with Crippen LogP contribution in [-0.4, -0.2) is 82.1 Å². The van der Waals surface area contributed by atoms with Crippen LogP contribution in [-0.2, 0) is 36.6 Å². The lowest BCUT2D eigenvalue weighted by Gasteiger charge is -2.35.